The molecule has 3 nitrogen and oxygen atoms in total. The first kappa shape index (κ1) is 15.5. The van der Waals surface area contributed by atoms with Gasteiger partial charge in [-0.3, -0.25) is 4.98 Å². The minimum atomic E-state index is 0.291. The maximum Gasteiger partial charge on any atom is 0.124 e. The summed E-state index contributed by atoms with van der Waals surface area (Å²) in [7, 11) is 0. The molecule has 112 valence electrons. The Kier molecular flexibility index (Phi) is 6.22. The van der Waals surface area contributed by atoms with Crippen LogP contribution in [0.1, 0.15) is 37.6 Å². The van der Waals surface area contributed by atoms with Gasteiger partial charge in [-0.05, 0) is 44.5 Å². The third-order valence-corrected chi connectivity index (χ3v) is 3.46. The largest absolute Gasteiger partial charge is 0.494 e. The molecular weight excluding hydrogens is 260 g/mol. The molecule has 0 aliphatic carbocycles. The first-order valence-electron chi connectivity index (χ1n) is 7.70. The average Bonchev–Trinajstić information content (AvgIpc) is 2.53. The van der Waals surface area contributed by atoms with Crippen molar-refractivity contribution in [3.63, 3.8) is 0 Å². The van der Waals surface area contributed by atoms with Crippen molar-refractivity contribution in [3.8, 4) is 5.75 Å². The number of ether oxygens (including phenoxy) is 1. The van der Waals surface area contributed by atoms with Gasteiger partial charge in [-0.25, -0.2) is 0 Å². The second-order valence-corrected chi connectivity index (χ2v) is 4.94. The lowest BCUT2D eigenvalue weighted by Crippen LogP contribution is -2.22. The lowest BCUT2D eigenvalue weighted by Gasteiger charge is -2.21. The number of aromatic nitrogens is 1. The zero-order chi connectivity index (χ0) is 14.9. The Morgan fingerprint density at radius 3 is 2.62 bits per heavy atom. The van der Waals surface area contributed by atoms with Crippen LogP contribution in [0.15, 0.2) is 48.7 Å². The number of para-hydroxylation sites is 1. The fourth-order valence-corrected chi connectivity index (χ4v) is 2.51. The minimum Gasteiger partial charge on any atom is -0.494 e. The molecule has 21 heavy (non-hydrogen) atoms. The van der Waals surface area contributed by atoms with E-state index in [0.29, 0.717) is 12.6 Å². The highest BCUT2D eigenvalue weighted by Gasteiger charge is 2.15. The second kappa shape index (κ2) is 8.42. The Hall–Kier alpha value is -1.87. The van der Waals surface area contributed by atoms with Crippen molar-refractivity contribution in [2.24, 2.45) is 0 Å². The number of pyridine rings is 1. The fourth-order valence-electron chi connectivity index (χ4n) is 2.51. The highest BCUT2D eigenvalue weighted by atomic mass is 16.5. The number of aryl methyl sites for hydroxylation is 1. The molecule has 1 atom stereocenters. The van der Waals surface area contributed by atoms with Crippen molar-refractivity contribution in [3.05, 3.63) is 59.9 Å². The summed E-state index contributed by atoms with van der Waals surface area (Å²) in [6, 6.07) is 14.7. The van der Waals surface area contributed by atoms with Gasteiger partial charge < -0.3 is 10.1 Å². The number of nitrogens with zero attached hydrogens (tertiary/aromatic N) is 1. The third-order valence-electron chi connectivity index (χ3n) is 3.46. The van der Waals surface area contributed by atoms with Gasteiger partial charge >= 0.3 is 0 Å². The van der Waals surface area contributed by atoms with Gasteiger partial charge in [0.05, 0.1) is 6.61 Å². The molecule has 0 aliphatic heterocycles. The average molecular weight is 284 g/mol. The van der Waals surface area contributed by atoms with E-state index in [9.17, 15) is 0 Å². The van der Waals surface area contributed by atoms with Crippen LogP contribution in [-0.2, 0) is 6.42 Å². The SMILES string of the molecule is CCNC(CCc1ccccn1)c1ccccc1OCC. The van der Waals surface area contributed by atoms with E-state index >= 15 is 0 Å². The minimum absolute atomic E-state index is 0.291. The lowest BCUT2D eigenvalue weighted by molar-refractivity contribution is 0.330. The van der Waals surface area contributed by atoms with Crippen LogP contribution in [0.2, 0.25) is 0 Å². The molecule has 0 bridgehead atoms. The van der Waals surface area contributed by atoms with Crippen molar-refractivity contribution in [2.75, 3.05) is 13.2 Å². The molecule has 0 spiro atoms. The molecule has 0 aliphatic rings. The van der Waals surface area contributed by atoms with Gasteiger partial charge in [0.2, 0.25) is 0 Å². The van der Waals surface area contributed by atoms with Crippen molar-refractivity contribution >= 4 is 0 Å². The molecule has 0 amide bonds. The topological polar surface area (TPSA) is 34.2 Å². The fraction of sp³-hybridized carbons (Fsp3) is 0.389. The summed E-state index contributed by atoms with van der Waals surface area (Å²) in [5, 5.41) is 3.56. The summed E-state index contributed by atoms with van der Waals surface area (Å²) in [6.07, 6.45) is 3.82. The summed E-state index contributed by atoms with van der Waals surface area (Å²) in [5.41, 5.74) is 2.37. The molecule has 0 fully saturated rings. The van der Waals surface area contributed by atoms with Crippen LogP contribution in [0, 0.1) is 0 Å². The van der Waals surface area contributed by atoms with Gasteiger partial charge in [0.15, 0.2) is 0 Å². The normalized spacial score (nSPS) is 12.1. The molecule has 0 saturated carbocycles. The molecule has 1 aromatic carbocycles. The predicted molar refractivity (Wildman–Crippen MR) is 86.6 cm³/mol. The predicted octanol–water partition coefficient (Wildman–Crippen LogP) is 3.76. The molecule has 0 radical (unpaired) electrons. The molecule has 1 unspecified atom stereocenters. The number of hydrogen-bond acceptors (Lipinski definition) is 3. The van der Waals surface area contributed by atoms with Crippen LogP contribution in [-0.4, -0.2) is 18.1 Å². The first-order chi connectivity index (χ1) is 10.3. The Labute approximate surface area is 127 Å². The number of benzene rings is 1. The zero-order valence-corrected chi connectivity index (χ0v) is 12.9. The van der Waals surface area contributed by atoms with Crippen LogP contribution < -0.4 is 10.1 Å². The number of rotatable bonds is 8. The van der Waals surface area contributed by atoms with E-state index < -0.39 is 0 Å². The molecule has 2 aromatic rings. The van der Waals surface area contributed by atoms with E-state index in [1.807, 2.05) is 37.4 Å². The summed E-state index contributed by atoms with van der Waals surface area (Å²) < 4.78 is 5.76. The van der Waals surface area contributed by atoms with Crippen molar-refractivity contribution in [1.29, 1.82) is 0 Å². The van der Waals surface area contributed by atoms with Crippen LogP contribution in [0.25, 0.3) is 0 Å². The monoisotopic (exact) mass is 284 g/mol. The zero-order valence-electron chi connectivity index (χ0n) is 12.9. The van der Waals surface area contributed by atoms with Crippen LogP contribution in [0.5, 0.6) is 5.75 Å². The van der Waals surface area contributed by atoms with E-state index in [2.05, 4.69) is 35.4 Å². The molecule has 0 saturated heterocycles. The quantitative estimate of drug-likeness (QED) is 0.801. The van der Waals surface area contributed by atoms with Gasteiger partial charge in [-0.1, -0.05) is 31.2 Å². The van der Waals surface area contributed by atoms with E-state index in [4.69, 9.17) is 4.74 Å². The van der Waals surface area contributed by atoms with Crippen LogP contribution in [0.4, 0.5) is 0 Å². The van der Waals surface area contributed by atoms with Gasteiger partial charge in [0.25, 0.3) is 0 Å². The van der Waals surface area contributed by atoms with Gasteiger partial charge in [0, 0.05) is 23.5 Å². The molecule has 1 heterocycles. The van der Waals surface area contributed by atoms with Crippen LogP contribution >= 0.6 is 0 Å². The molecule has 2 rings (SSSR count). The third kappa shape index (κ3) is 4.57. The highest BCUT2D eigenvalue weighted by Crippen LogP contribution is 2.28. The first-order valence-corrected chi connectivity index (χ1v) is 7.70. The maximum absolute atomic E-state index is 5.76. The Morgan fingerprint density at radius 1 is 1.10 bits per heavy atom. The molecule has 1 N–H and O–H groups in total. The van der Waals surface area contributed by atoms with Gasteiger partial charge in [0.1, 0.15) is 5.75 Å². The van der Waals surface area contributed by atoms with E-state index in [-0.39, 0.29) is 0 Å². The van der Waals surface area contributed by atoms with E-state index in [1.165, 1.54) is 5.56 Å². The lowest BCUT2D eigenvalue weighted by atomic mass is 9.99. The van der Waals surface area contributed by atoms with E-state index in [1.54, 1.807) is 0 Å². The number of nitrogens with one attached hydrogen (secondary N) is 1. The van der Waals surface area contributed by atoms with E-state index in [0.717, 1.165) is 30.8 Å². The Morgan fingerprint density at radius 2 is 1.90 bits per heavy atom. The van der Waals surface area contributed by atoms with Crippen molar-refractivity contribution in [1.82, 2.24) is 10.3 Å². The maximum atomic E-state index is 5.76. The second-order valence-electron chi connectivity index (χ2n) is 4.94. The van der Waals surface area contributed by atoms with Crippen molar-refractivity contribution in [2.45, 2.75) is 32.7 Å². The highest BCUT2D eigenvalue weighted by molar-refractivity contribution is 5.36. The summed E-state index contributed by atoms with van der Waals surface area (Å²) >= 11 is 0. The Balaban J connectivity index is 2.11. The standard InChI is InChI=1S/C18H24N2O/c1-3-19-17(13-12-15-9-7-8-14-20-15)16-10-5-6-11-18(16)21-4-2/h5-11,14,17,19H,3-4,12-13H2,1-2H3. The summed E-state index contributed by atoms with van der Waals surface area (Å²) in [5.74, 6) is 0.979. The summed E-state index contributed by atoms with van der Waals surface area (Å²) in [6.45, 7) is 5.79. The van der Waals surface area contributed by atoms with Gasteiger partial charge in [-0.2, -0.15) is 0 Å². The summed E-state index contributed by atoms with van der Waals surface area (Å²) in [4.78, 5) is 4.40. The Bertz CT molecular complexity index is 528. The van der Waals surface area contributed by atoms with Gasteiger partial charge in [-0.15, -0.1) is 0 Å². The number of hydrogen-bond donors (Lipinski definition) is 1. The molecule has 3 heteroatoms. The van der Waals surface area contributed by atoms with Crippen LogP contribution in [0.3, 0.4) is 0 Å². The molecular formula is C18H24N2O. The van der Waals surface area contributed by atoms with Crippen molar-refractivity contribution < 1.29 is 4.74 Å². The molecule has 1 aromatic heterocycles. The smallest absolute Gasteiger partial charge is 0.124 e.